The summed E-state index contributed by atoms with van der Waals surface area (Å²) in [5, 5.41) is 0. The van der Waals surface area contributed by atoms with E-state index in [1.54, 1.807) is 0 Å². The maximum atomic E-state index is 4.90. The molecule has 0 heterocycles. The van der Waals surface area contributed by atoms with E-state index in [0.717, 1.165) is 0 Å². The Hall–Kier alpha value is 0.517. The summed E-state index contributed by atoms with van der Waals surface area (Å²) in [5.41, 5.74) is 9.81. The van der Waals surface area contributed by atoms with Crippen LogP contribution in [0.2, 0.25) is 0 Å². The molecule has 0 aliphatic heterocycles. The third-order valence-electron chi connectivity index (χ3n) is 0.167. The van der Waals surface area contributed by atoms with Crippen molar-refractivity contribution >= 4 is 18.9 Å². The molecule has 0 aliphatic carbocycles. The van der Waals surface area contributed by atoms with E-state index in [0.29, 0.717) is 13.1 Å². The van der Waals surface area contributed by atoms with Crippen LogP contribution < -0.4 is 11.5 Å². The van der Waals surface area contributed by atoms with E-state index in [9.17, 15) is 0 Å². The molecular weight excluding hydrogens is 59.0 g/mol. The van der Waals surface area contributed by atoms with Crippen LogP contribution in [0, 0.1) is 0 Å². The molecule has 0 spiro atoms. The van der Waals surface area contributed by atoms with Gasteiger partial charge in [0.05, 0.1) is 0 Å². The van der Waals surface area contributed by atoms with Gasteiger partial charge in [0.25, 0.3) is 0 Å². The summed E-state index contributed by atoms with van der Waals surface area (Å²) in [6.07, 6.45) is 0. The van der Waals surface area contributed by atoms with E-state index < -0.39 is 0 Å². The zero-order chi connectivity index (χ0) is 3.41. The molecule has 0 bridgehead atoms. The molecule has 0 aromatic carbocycles. The molecule has 5 heavy (non-hydrogen) atoms. The summed E-state index contributed by atoms with van der Waals surface area (Å²) in [6, 6.07) is 0. The summed E-state index contributed by atoms with van der Waals surface area (Å²) < 4.78 is 0. The molecule has 0 atom stereocenters. The van der Waals surface area contributed by atoms with Crippen LogP contribution >= 0.6 is 0 Å². The molecule has 3 heteroatoms. The van der Waals surface area contributed by atoms with Gasteiger partial charge in [-0.05, 0) is 0 Å². The van der Waals surface area contributed by atoms with Crippen molar-refractivity contribution in [3.05, 3.63) is 0 Å². The summed E-state index contributed by atoms with van der Waals surface area (Å²) in [6.45, 7) is 1.19. The molecule has 0 saturated heterocycles. The van der Waals surface area contributed by atoms with Crippen molar-refractivity contribution in [2.24, 2.45) is 11.5 Å². The quantitative estimate of drug-likeness (QED) is 0.367. The van der Waals surface area contributed by atoms with Crippen LogP contribution in [-0.2, 0) is 0 Å². The van der Waals surface area contributed by atoms with Gasteiger partial charge in [0.1, 0.15) is 0 Å². The van der Waals surface area contributed by atoms with Gasteiger partial charge >= 0.3 is 0 Å². The Labute approximate surface area is 44.1 Å². The molecule has 2 nitrogen and oxygen atoms in total. The summed E-state index contributed by atoms with van der Waals surface area (Å²) in [7, 11) is 0. The first-order valence-electron chi connectivity index (χ1n) is 1.32. The molecule has 0 aromatic heterocycles. The topological polar surface area (TPSA) is 52.0 Å². The van der Waals surface area contributed by atoms with Gasteiger partial charge in [-0.3, -0.25) is 0 Å². The van der Waals surface area contributed by atoms with Crippen molar-refractivity contribution in [1.29, 1.82) is 0 Å². The fourth-order valence-electron chi connectivity index (χ4n) is 0. The smallest absolute Gasteiger partial charge is 0.00461 e. The first kappa shape index (κ1) is 9.10. The fraction of sp³-hybridized carbons (Fsp3) is 1.00. The summed E-state index contributed by atoms with van der Waals surface area (Å²) in [4.78, 5) is 0. The molecule has 0 fully saturated rings. The fourth-order valence-corrected chi connectivity index (χ4v) is 0. The average molecular weight is 67.0 g/mol. The second kappa shape index (κ2) is 8.82. The van der Waals surface area contributed by atoms with E-state index in [2.05, 4.69) is 0 Å². The molecule has 4 N–H and O–H groups in total. The second-order valence-electron chi connectivity index (χ2n) is 0.577. The van der Waals surface area contributed by atoms with Crippen LogP contribution in [0.1, 0.15) is 0 Å². The summed E-state index contributed by atoms with van der Waals surface area (Å²) in [5.74, 6) is 0. The van der Waals surface area contributed by atoms with E-state index in [1.807, 2.05) is 0 Å². The molecule has 0 saturated carbocycles. The minimum Gasteiger partial charge on any atom is -0.329 e. The Balaban J connectivity index is 0. The van der Waals surface area contributed by atoms with Crippen molar-refractivity contribution in [3.8, 4) is 0 Å². The zero-order valence-corrected chi connectivity index (χ0v) is 3.57. The minimum absolute atomic E-state index is 0. The monoisotopic (exact) mass is 67.1 g/mol. The molecule has 0 amide bonds. The normalized spacial score (nSPS) is 6.00. The maximum absolute atomic E-state index is 4.90. The Bertz CT molecular complexity index is 9.61. The standard InChI is InChI=1S/C2H8N2.Li/c3-1-2-4;/h1-4H2;. The van der Waals surface area contributed by atoms with E-state index in [-0.39, 0.29) is 18.9 Å². The van der Waals surface area contributed by atoms with Gasteiger partial charge < -0.3 is 11.5 Å². The Morgan fingerprint density at radius 2 is 1.20 bits per heavy atom. The number of rotatable bonds is 1. The largest absolute Gasteiger partial charge is 0.329 e. The molecular formula is C2H8LiN2. The predicted octanol–water partition coefficient (Wildman–Crippen LogP) is -1.48. The maximum Gasteiger partial charge on any atom is 0.00461 e. The van der Waals surface area contributed by atoms with Crippen molar-refractivity contribution in [2.45, 2.75) is 0 Å². The van der Waals surface area contributed by atoms with Crippen LogP contribution in [0.4, 0.5) is 0 Å². The zero-order valence-electron chi connectivity index (χ0n) is 3.57. The van der Waals surface area contributed by atoms with Crippen LogP contribution in [0.5, 0.6) is 0 Å². The number of hydrogen-bond acceptors (Lipinski definition) is 2. The minimum atomic E-state index is 0. The third-order valence-corrected chi connectivity index (χ3v) is 0.167. The Morgan fingerprint density at radius 1 is 1.00 bits per heavy atom. The van der Waals surface area contributed by atoms with Gasteiger partial charge in [-0.2, -0.15) is 0 Å². The molecule has 0 aromatic rings. The van der Waals surface area contributed by atoms with Gasteiger partial charge in [0.2, 0.25) is 0 Å². The first-order valence-corrected chi connectivity index (χ1v) is 1.32. The first-order chi connectivity index (χ1) is 1.91. The van der Waals surface area contributed by atoms with Gasteiger partial charge in [-0.1, -0.05) is 0 Å². The van der Waals surface area contributed by atoms with Gasteiger partial charge in [0.15, 0.2) is 0 Å². The molecule has 0 rings (SSSR count). The molecule has 0 unspecified atom stereocenters. The van der Waals surface area contributed by atoms with E-state index in [4.69, 9.17) is 11.5 Å². The number of nitrogens with two attached hydrogens (primary N) is 2. The Kier molecular flexibility index (Phi) is 16.1. The predicted molar refractivity (Wildman–Crippen MR) is 23.9 cm³/mol. The number of hydrogen-bond donors (Lipinski definition) is 2. The summed E-state index contributed by atoms with van der Waals surface area (Å²) >= 11 is 0. The van der Waals surface area contributed by atoms with Crippen LogP contribution in [-0.4, -0.2) is 32.0 Å². The molecule has 1 radical (unpaired) electrons. The van der Waals surface area contributed by atoms with Crippen LogP contribution in [0.15, 0.2) is 0 Å². The average Bonchev–Trinajstić information content (AvgIpc) is 1.37. The molecule has 0 aliphatic rings. The van der Waals surface area contributed by atoms with Crippen molar-refractivity contribution in [2.75, 3.05) is 13.1 Å². The van der Waals surface area contributed by atoms with E-state index >= 15 is 0 Å². The van der Waals surface area contributed by atoms with Crippen molar-refractivity contribution in [3.63, 3.8) is 0 Å². The van der Waals surface area contributed by atoms with Crippen LogP contribution in [0.3, 0.4) is 0 Å². The van der Waals surface area contributed by atoms with Gasteiger partial charge in [-0.15, -0.1) is 0 Å². The van der Waals surface area contributed by atoms with Crippen molar-refractivity contribution in [1.82, 2.24) is 0 Å². The van der Waals surface area contributed by atoms with Crippen molar-refractivity contribution < 1.29 is 0 Å². The third kappa shape index (κ3) is 12.4. The van der Waals surface area contributed by atoms with Gasteiger partial charge in [-0.25, -0.2) is 0 Å². The van der Waals surface area contributed by atoms with E-state index in [1.165, 1.54) is 0 Å². The van der Waals surface area contributed by atoms with Crippen LogP contribution in [0.25, 0.3) is 0 Å². The Morgan fingerprint density at radius 3 is 1.20 bits per heavy atom. The molecule has 27 valence electrons. The SMILES string of the molecule is NCCN.[Li]. The van der Waals surface area contributed by atoms with Gasteiger partial charge in [0, 0.05) is 32.0 Å². The second-order valence-corrected chi connectivity index (χ2v) is 0.577.